The first-order valence-corrected chi connectivity index (χ1v) is 4.73. The highest BCUT2D eigenvalue weighted by atomic mass is 19.4. The Morgan fingerprint density at radius 1 is 1.11 bits per heavy atom. The highest BCUT2D eigenvalue weighted by molar-refractivity contribution is 5.94. The van der Waals surface area contributed by atoms with Crippen LogP contribution in [0.25, 0.3) is 0 Å². The van der Waals surface area contributed by atoms with Gasteiger partial charge in [0.1, 0.15) is 12.4 Å². The minimum absolute atomic E-state index is 0.385. The predicted molar refractivity (Wildman–Crippen MR) is 49.8 cm³/mol. The van der Waals surface area contributed by atoms with Gasteiger partial charge in [-0.1, -0.05) is 6.07 Å². The van der Waals surface area contributed by atoms with Gasteiger partial charge in [-0.25, -0.2) is 4.39 Å². The number of hydrogen-bond donors (Lipinski definition) is 1. The number of nitrogens with one attached hydrogen (secondary N) is 1. The predicted octanol–water partition coefficient (Wildman–Crippen LogP) is 3.14. The van der Waals surface area contributed by atoms with Crippen LogP contribution >= 0.6 is 0 Å². The van der Waals surface area contributed by atoms with Gasteiger partial charge in [-0.05, 0) is 12.1 Å². The average Bonchev–Trinajstić information content (AvgIpc) is 2.23. The zero-order valence-electron chi connectivity index (χ0n) is 8.99. The van der Waals surface area contributed by atoms with Crippen molar-refractivity contribution in [3.8, 4) is 0 Å². The van der Waals surface area contributed by atoms with E-state index in [1.165, 1.54) is 5.32 Å². The molecule has 0 aliphatic carbocycles. The van der Waals surface area contributed by atoms with E-state index in [9.17, 15) is 35.5 Å². The van der Waals surface area contributed by atoms with Crippen LogP contribution in [0.5, 0.6) is 0 Å². The number of rotatable bonds is 2. The average molecular weight is 289 g/mol. The summed E-state index contributed by atoms with van der Waals surface area (Å²) in [7, 11) is 0. The van der Waals surface area contributed by atoms with Crippen LogP contribution < -0.4 is 5.32 Å². The normalized spacial score (nSPS) is 12.4. The first-order chi connectivity index (χ1) is 8.52. The van der Waals surface area contributed by atoms with E-state index in [0.29, 0.717) is 12.1 Å². The number of halogens is 7. The van der Waals surface area contributed by atoms with E-state index in [2.05, 4.69) is 0 Å². The fraction of sp³-hybridized carbons (Fsp3) is 0.300. The third-order valence-electron chi connectivity index (χ3n) is 2.00. The molecule has 0 aliphatic rings. The molecule has 1 amide bonds. The molecule has 106 valence electrons. The third-order valence-corrected chi connectivity index (χ3v) is 2.00. The fourth-order valence-corrected chi connectivity index (χ4v) is 1.20. The highest BCUT2D eigenvalue weighted by Gasteiger charge is 2.36. The summed E-state index contributed by atoms with van der Waals surface area (Å²) in [6.07, 6.45) is -9.78. The van der Waals surface area contributed by atoms with E-state index in [4.69, 9.17) is 0 Å². The third kappa shape index (κ3) is 4.11. The first-order valence-electron chi connectivity index (χ1n) is 4.73. The molecule has 1 N–H and O–H groups in total. The molecular weight excluding hydrogens is 283 g/mol. The van der Waals surface area contributed by atoms with Crippen LogP contribution in [0.4, 0.5) is 30.7 Å². The molecule has 1 rings (SSSR count). The Balaban J connectivity index is 2.99. The molecule has 1 aromatic rings. The highest BCUT2D eigenvalue weighted by Crippen LogP contribution is 2.32. The van der Waals surface area contributed by atoms with Gasteiger partial charge in [0.05, 0.1) is 11.1 Å². The maximum atomic E-state index is 13.4. The van der Waals surface area contributed by atoms with Gasteiger partial charge in [0, 0.05) is 0 Å². The molecular formula is C10H6F7NO. The van der Waals surface area contributed by atoms with E-state index >= 15 is 0 Å². The summed E-state index contributed by atoms with van der Waals surface area (Å²) in [5, 5.41) is 1.29. The summed E-state index contributed by atoms with van der Waals surface area (Å²) in [6.45, 7) is -1.76. The van der Waals surface area contributed by atoms with Crippen LogP contribution in [0, 0.1) is 5.82 Å². The summed E-state index contributed by atoms with van der Waals surface area (Å²) in [5.41, 5.74) is -2.81. The lowest BCUT2D eigenvalue weighted by atomic mass is 10.1. The Bertz CT molecular complexity index is 478. The summed E-state index contributed by atoms with van der Waals surface area (Å²) >= 11 is 0. The summed E-state index contributed by atoms with van der Waals surface area (Å²) in [6, 6.07) is 1.78. The smallest absolute Gasteiger partial charge is 0.343 e. The largest absolute Gasteiger partial charge is 0.419 e. The maximum Gasteiger partial charge on any atom is 0.419 e. The number of hydrogen-bond acceptors (Lipinski definition) is 1. The SMILES string of the molecule is O=C(NCC(F)(F)F)c1cccc(C(F)(F)F)c1F. The molecule has 0 fully saturated rings. The lowest BCUT2D eigenvalue weighted by Gasteiger charge is -2.12. The summed E-state index contributed by atoms with van der Waals surface area (Å²) in [4.78, 5) is 11.2. The molecule has 0 bridgehead atoms. The molecule has 2 nitrogen and oxygen atoms in total. The van der Waals surface area contributed by atoms with Crippen molar-refractivity contribution in [2.45, 2.75) is 12.4 Å². The van der Waals surface area contributed by atoms with Crippen molar-refractivity contribution in [3.05, 3.63) is 35.1 Å². The first kappa shape index (κ1) is 15.3. The molecule has 0 aliphatic heterocycles. The molecule has 9 heteroatoms. The monoisotopic (exact) mass is 289 g/mol. The van der Waals surface area contributed by atoms with E-state index < -0.39 is 41.7 Å². The Morgan fingerprint density at radius 3 is 2.16 bits per heavy atom. The van der Waals surface area contributed by atoms with Crippen molar-refractivity contribution >= 4 is 5.91 Å². The van der Waals surface area contributed by atoms with Gasteiger partial charge in [-0.2, -0.15) is 26.3 Å². The second-order valence-electron chi connectivity index (χ2n) is 3.46. The Hall–Kier alpha value is -1.80. The van der Waals surface area contributed by atoms with Gasteiger partial charge < -0.3 is 5.32 Å². The van der Waals surface area contributed by atoms with Crippen molar-refractivity contribution in [3.63, 3.8) is 0 Å². The van der Waals surface area contributed by atoms with Crippen LogP contribution in [0.15, 0.2) is 18.2 Å². The molecule has 19 heavy (non-hydrogen) atoms. The van der Waals surface area contributed by atoms with Gasteiger partial charge in [0.2, 0.25) is 0 Å². The van der Waals surface area contributed by atoms with Crippen LogP contribution in [0.2, 0.25) is 0 Å². The van der Waals surface area contributed by atoms with Crippen LogP contribution in [0.1, 0.15) is 15.9 Å². The molecule has 0 unspecified atom stereocenters. The van der Waals surface area contributed by atoms with Gasteiger partial charge in [-0.3, -0.25) is 4.79 Å². The standard InChI is InChI=1S/C10H6F7NO/c11-7-5(8(19)18-4-9(12,13)14)2-1-3-6(7)10(15,16)17/h1-3H,4H2,(H,18,19). The number of alkyl halides is 6. The molecule has 0 saturated carbocycles. The van der Waals surface area contributed by atoms with Gasteiger partial charge in [0.15, 0.2) is 0 Å². The van der Waals surface area contributed by atoms with Crippen molar-refractivity contribution in [2.24, 2.45) is 0 Å². The van der Waals surface area contributed by atoms with Crippen molar-refractivity contribution in [2.75, 3.05) is 6.54 Å². The molecule has 0 aromatic heterocycles. The lowest BCUT2D eigenvalue weighted by Crippen LogP contribution is -2.34. The fourth-order valence-electron chi connectivity index (χ4n) is 1.20. The molecule has 0 saturated heterocycles. The zero-order chi connectivity index (χ0) is 14.8. The van der Waals surface area contributed by atoms with Crippen molar-refractivity contribution < 1.29 is 35.5 Å². The van der Waals surface area contributed by atoms with Gasteiger partial charge >= 0.3 is 12.4 Å². The van der Waals surface area contributed by atoms with E-state index in [1.807, 2.05) is 0 Å². The number of amides is 1. The molecule has 1 aromatic carbocycles. The van der Waals surface area contributed by atoms with Crippen molar-refractivity contribution in [1.82, 2.24) is 5.32 Å². The van der Waals surface area contributed by atoms with Crippen LogP contribution in [0.3, 0.4) is 0 Å². The molecule has 0 spiro atoms. The van der Waals surface area contributed by atoms with E-state index in [0.717, 1.165) is 6.07 Å². The van der Waals surface area contributed by atoms with Crippen LogP contribution in [-0.2, 0) is 6.18 Å². The van der Waals surface area contributed by atoms with Gasteiger partial charge in [-0.15, -0.1) is 0 Å². The van der Waals surface area contributed by atoms with Crippen molar-refractivity contribution in [1.29, 1.82) is 0 Å². The van der Waals surface area contributed by atoms with E-state index in [-0.39, 0.29) is 0 Å². The molecule has 0 radical (unpaired) electrons. The number of carbonyl (C=O) groups excluding carboxylic acids is 1. The Morgan fingerprint density at radius 2 is 1.68 bits per heavy atom. The Kier molecular flexibility index (Phi) is 4.06. The van der Waals surface area contributed by atoms with E-state index in [1.54, 1.807) is 0 Å². The second kappa shape index (κ2) is 5.06. The summed E-state index contributed by atoms with van der Waals surface area (Å²) < 4.78 is 85.8. The lowest BCUT2D eigenvalue weighted by molar-refractivity contribution is -0.140. The minimum atomic E-state index is -5.04. The number of carbonyl (C=O) groups is 1. The maximum absolute atomic E-state index is 13.4. The zero-order valence-corrected chi connectivity index (χ0v) is 8.99. The second-order valence-corrected chi connectivity index (χ2v) is 3.46. The summed E-state index contributed by atoms with van der Waals surface area (Å²) in [5.74, 6) is -3.48. The topological polar surface area (TPSA) is 29.1 Å². The van der Waals surface area contributed by atoms with Gasteiger partial charge in [0.25, 0.3) is 5.91 Å². The molecule has 0 heterocycles. The minimum Gasteiger partial charge on any atom is -0.343 e. The van der Waals surface area contributed by atoms with Crippen LogP contribution in [-0.4, -0.2) is 18.6 Å². The molecule has 0 atom stereocenters. The number of benzene rings is 1. The quantitative estimate of drug-likeness (QED) is 0.833. The Labute approximate surface area is 102 Å².